The van der Waals surface area contributed by atoms with E-state index in [4.69, 9.17) is 5.73 Å². The summed E-state index contributed by atoms with van der Waals surface area (Å²) >= 11 is 1.16. The fraction of sp³-hybridized carbons (Fsp3) is 0.333. The van der Waals surface area contributed by atoms with Gasteiger partial charge in [-0.3, -0.25) is 19.6 Å². The third-order valence-corrected chi connectivity index (χ3v) is 6.76. The smallest absolute Gasteiger partial charge is 0.274 e. The molecule has 2 unspecified atom stereocenters. The number of aliphatic imine (C=N–C) groups is 1. The molecule has 3 atom stereocenters. The monoisotopic (exact) mass is 445 g/mol. The molecular weight excluding hydrogens is 424 g/mol. The summed E-state index contributed by atoms with van der Waals surface area (Å²) in [6.45, 7) is 1.84. The SMILES string of the molecule is Cc1ccc(C(=O)Nc2cc(F)c(F)c(C3N=C(N)S[C@@]4(C(=O)N(C)C)CC34)c2)nc1. The fourth-order valence-corrected chi connectivity index (χ4v) is 5.19. The summed E-state index contributed by atoms with van der Waals surface area (Å²) in [4.78, 5) is 35.0. The number of nitrogens with two attached hydrogens (primary N) is 1. The maximum absolute atomic E-state index is 14.8. The van der Waals surface area contributed by atoms with Gasteiger partial charge in [0.25, 0.3) is 5.91 Å². The molecule has 2 heterocycles. The van der Waals surface area contributed by atoms with Crippen molar-refractivity contribution in [3.63, 3.8) is 0 Å². The number of nitrogens with zero attached hydrogens (tertiary/aromatic N) is 3. The van der Waals surface area contributed by atoms with E-state index in [2.05, 4.69) is 15.3 Å². The minimum absolute atomic E-state index is 0.0474. The quantitative estimate of drug-likeness (QED) is 0.754. The molecule has 1 fully saturated rings. The molecule has 0 bridgehead atoms. The van der Waals surface area contributed by atoms with Gasteiger partial charge in [0.1, 0.15) is 10.4 Å². The predicted octanol–water partition coefficient (Wildman–Crippen LogP) is 2.87. The molecule has 0 radical (unpaired) electrons. The topological polar surface area (TPSA) is 101 Å². The highest BCUT2D eigenvalue weighted by molar-refractivity contribution is 8.15. The summed E-state index contributed by atoms with van der Waals surface area (Å²) in [5.74, 6) is -3.21. The Hall–Kier alpha value is -3.01. The van der Waals surface area contributed by atoms with Crippen LogP contribution in [0.1, 0.15) is 34.1 Å². The Balaban J connectivity index is 1.66. The van der Waals surface area contributed by atoms with Crippen LogP contribution >= 0.6 is 11.8 Å². The second kappa shape index (κ2) is 7.60. The lowest BCUT2D eigenvalue weighted by Gasteiger charge is -2.27. The first-order valence-electron chi connectivity index (χ1n) is 9.59. The van der Waals surface area contributed by atoms with Gasteiger partial charge in [-0.05, 0) is 31.0 Å². The van der Waals surface area contributed by atoms with E-state index in [0.29, 0.717) is 6.42 Å². The zero-order valence-electron chi connectivity index (χ0n) is 17.1. The lowest BCUT2D eigenvalue weighted by atomic mass is 9.99. The Kier molecular flexibility index (Phi) is 5.20. The summed E-state index contributed by atoms with van der Waals surface area (Å²) in [6, 6.07) is 4.69. The number of amides is 2. The van der Waals surface area contributed by atoms with Gasteiger partial charge in [-0.1, -0.05) is 17.8 Å². The van der Waals surface area contributed by atoms with Crippen LogP contribution < -0.4 is 11.1 Å². The molecule has 162 valence electrons. The molecule has 3 N–H and O–H groups in total. The number of anilines is 1. The number of nitrogens with one attached hydrogen (secondary N) is 1. The van der Waals surface area contributed by atoms with Crippen LogP contribution in [0.4, 0.5) is 14.5 Å². The molecule has 10 heteroatoms. The number of carbonyl (C=O) groups is 2. The highest BCUT2D eigenvalue weighted by atomic mass is 32.2. The summed E-state index contributed by atoms with van der Waals surface area (Å²) in [5, 5.41) is 2.69. The Bertz CT molecular complexity index is 1110. The summed E-state index contributed by atoms with van der Waals surface area (Å²) in [7, 11) is 3.28. The molecule has 2 amide bonds. The summed E-state index contributed by atoms with van der Waals surface area (Å²) in [6.07, 6.45) is 1.99. The van der Waals surface area contributed by atoms with E-state index >= 15 is 0 Å². The minimum Gasteiger partial charge on any atom is -0.378 e. The van der Waals surface area contributed by atoms with Crippen LogP contribution in [0.25, 0.3) is 0 Å². The second-order valence-corrected chi connectivity index (χ2v) is 9.30. The fourth-order valence-electron chi connectivity index (χ4n) is 3.84. The van der Waals surface area contributed by atoms with E-state index in [1.54, 1.807) is 26.2 Å². The zero-order valence-corrected chi connectivity index (χ0v) is 18.0. The normalized spacial score (nSPS) is 24.1. The van der Waals surface area contributed by atoms with E-state index in [0.717, 1.165) is 23.4 Å². The summed E-state index contributed by atoms with van der Waals surface area (Å²) in [5.41, 5.74) is 7.00. The molecular formula is C21H21F2N5O2S. The van der Waals surface area contributed by atoms with Crippen molar-refractivity contribution in [2.45, 2.75) is 24.1 Å². The van der Waals surface area contributed by atoms with Crippen molar-refractivity contribution in [2.24, 2.45) is 16.6 Å². The first-order chi connectivity index (χ1) is 14.6. The Morgan fingerprint density at radius 3 is 2.68 bits per heavy atom. The number of aromatic nitrogens is 1. The average Bonchev–Trinajstić information content (AvgIpc) is 3.45. The number of benzene rings is 1. The van der Waals surface area contributed by atoms with Crippen molar-refractivity contribution < 1.29 is 18.4 Å². The molecule has 1 saturated carbocycles. The van der Waals surface area contributed by atoms with Gasteiger partial charge in [0.2, 0.25) is 5.91 Å². The van der Waals surface area contributed by atoms with Crippen molar-refractivity contribution in [2.75, 3.05) is 19.4 Å². The number of hydrogen-bond acceptors (Lipinski definition) is 6. The van der Waals surface area contributed by atoms with Crippen LogP contribution in [0.15, 0.2) is 35.5 Å². The Labute approximate surface area is 182 Å². The van der Waals surface area contributed by atoms with Crippen molar-refractivity contribution in [1.29, 1.82) is 0 Å². The van der Waals surface area contributed by atoms with Gasteiger partial charge in [0.15, 0.2) is 16.8 Å². The number of hydrogen-bond donors (Lipinski definition) is 2. The van der Waals surface area contributed by atoms with E-state index in [1.807, 2.05) is 6.92 Å². The van der Waals surface area contributed by atoms with Crippen LogP contribution in [0, 0.1) is 24.5 Å². The van der Waals surface area contributed by atoms with Gasteiger partial charge in [-0.25, -0.2) is 8.78 Å². The van der Waals surface area contributed by atoms with Crippen molar-refractivity contribution in [3.05, 3.63) is 58.9 Å². The van der Waals surface area contributed by atoms with Crippen LogP contribution in [-0.4, -0.2) is 45.7 Å². The Morgan fingerprint density at radius 1 is 1.29 bits per heavy atom. The highest BCUT2D eigenvalue weighted by Crippen LogP contribution is 2.64. The molecule has 0 spiro atoms. The predicted molar refractivity (Wildman–Crippen MR) is 115 cm³/mol. The van der Waals surface area contributed by atoms with Crippen LogP contribution in [-0.2, 0) is 4.79 Å². The number of amidine groups is 1. The third kappa shape index (κ3) is 3.76. The summed E-state index contributed by atoms with van der Waals surface area (Å²) < 4.78 is 28.4. The lowest BCUT2D eigenvalue weighted by Crippen LogP contribution is -2.39. The van der Waals surface area contributed by atoms with Crippen molar-refractivity contribution in [1.82, 2.24) is 9.88 Å². The molecule has 31 heavy (non-hydrogen) atoms. The highest BCUT2D eigenvalue weighted by Gasteiger charge is 2.67. The largest absolute Gasteiger partial charge is 0.378 e. The first kappa shape index (κ1) is 21.2. The molecule has 4 rings (SSSR count). The standard InChI is InChI=1S/C21H21F2N5O2S/c1-10-4-5-15(25-9-10)18(29)26-11-6-12(16(23)14(22)7-11)17-13-8-21(13,19(30)28(2)3)31-20(24)27-17/h4-7,9,13,17H,8H2,1-3H3,(H2,24,27)(H,26,29)/t13?,17?,21-/m0/s1. The number of carbonyl (C=O) groups excluding carboxylic acids is 2. The number of thioether (sulfide) groups is 1. The van der Waals surface area contributed by atoms with Crippen LogP contribution in [0.2, 0.25) is 0 Å². The van der Waals surface area contributed by atoms with E-state index in [1.165, 1.54) is 17.2 Å². The molecule has 1 aromatic heterocycles. The number of rotatable bonds is 4. The zero-order chi connectivity index (χ0) is 22.5. The number of aryl methyl sites for hydroxylation is 1. The molecule has 1 aliphatic heterocycles. The van der Waals surface area contributed by atoms with Gasteiger partial charge >= 0.3 is 0 Å². The third-order valence-electron chi connectivity index (χ3n) is 5.44. The minimum atomic E-state index is -1.12. The second-order valence-electron chi connectivity index (χ2n) is 7.95. The van der Waals surface area contributed by atoms with Crippen molar-refractivity contribution in [3.8, 4) is 0 Å². The van der Waals surface area contributed by atoms with Gasteiger partial charge in [0.05, 0.1) is 6.04 Å². The van der Waals surface area contributed by atoms with Gasteiger partial charge in [-0.15, -0.1) is 0 Å². The number of halogens is 2. The van der Waals surface area contributed by atoms with Gasteiger partial charge < -0.3 is 16.0 Å². The van der Waals surface area contributed by atoms with E-state index in [9.17, 15) is 18.4 Å². The average molecular weight is 445 g/mol. The number of pyridine rings is 1. The van der Waals surface area contributed by atoms with Gasteiger partial charge in [-0.2, -0.15) is 0 Å². The molecule has 7 nitrogen and oxygen atoms in total. The first-order valence-corrected chi connectivity index (χ1v) is 10.4. The Morgan fingerprint density at radius 2 is 2.03 bits per heavy atom. The van der Waals surface area contributed by atoms with Crippen LogP contribution in [0.3, 0.4) is 0 Å². The molecule has 1 aromatic carbocycles. The van der Waals surface area contributed by atoms with E-state index < -0.39 is 28.3 Å². The van der Waals surface area contributed by atoms with E-state index in [-0.39, 0.29) is 33.9 Å². The van der Waals surface area contributed by atoms with Crippen LogP contribution in [0.5, 0.6) is 0 Å². The molecule has 2 aromatic rings. The molecule has 0 saturated heterocycles. The van der Waals surface area contributed by atoms with Crippen molar-refractivity contribution >= 4 is 34.4 Å². The maximum Gasteiger partial charge on any atom is 0.274 e. The number of fused-ring (bicyclic) bond motifs is 1. The molecule has 1 aliphatic carbocycles. The maximum atomic E-state index is 14.8. The molecule has 2 aliphatic rings. The van der Waals surface area contributed by atoms with Gasteiger partial charge in [0, 0.05) is 43.5 Å². The lowest BCUT2D eigenvalue weighted by molar-refractivity contribution is -0.129.